The van der Waals surface area contributed by atoms with Crippen molar-refractivity contribution in [3.05, 3.63) is 71.8 Å². The highest BCUT2D eigenvalue weighted by Crippen LogP contribution is 2.27. The number of hydrogen-bond acceptors (Lipinski definition) is 5. The Hall–Kier alpha value is -2.21. The first-order valence-electron chi connectivity index (χ1n) is 10.2. The van der Waals surface area contributed by atoms with Gasteiger partial charge >= 0.3 is 5.97 Å². The van der Waals surface area contributed by atoms with Crippen LogP contribution >= 0.6 is 0 Å². The highest BCUT2D eigenvalue weighted by Gasteiger charge is 2.31. The van der Waals surface area contributed by atoms with Gasteiger partial charge in [-0.25, -0.2) is 0 Å². The Labute approximate surface area is 174 Å². The Morgan fingerprint density at radius 2 is 1.38 bits per heavy atom. The average Bonchev–Trinajstić information content (AvgIpc) is 2.76. The summed E-state index contributed by atoms with van der Waals surface area (Å²) in [6.45, 7) is 6.88. The first-order chi connectivity index (χ1) is 14.1. The summed E-state index contributed by atoms with van der Waals surface area (Å²) >= 11 is 0. The van der Waals surface area contributed by atoms with Crippen molar-refractivity contribution >= 4 is 5.97 Å². The molecule has 5 heteroatoms. The molecule has 5 nitrogen and oxygen atoms in total. The number of methoxy groups -OCH3 is 2. The standard InChI is InChI=1S/C24H33NO4/c1-5-25(6-2)17-21(22(28-4)18-27-3)29-24(26)23(19-13-9-7-10-14-19)20-15-11-8-12-16-20/h7-16,21-23H,5-6,17-18H2,1-4H3/t21-,22-/m0/s1. The number of carbonyl (C=O) groups is 1. The molecule has 0 radical (unpaired) electrons. The summed E-state index contributed by atoms with van der Waals surface area (Å²) < 4.78 is 17.0. The monoisotopic (exact) mass is 399 g/mol. The molecule has 0 aliphatic heterocycles. The number of rotatable bonds is 12. The van der Waals surface area contributed by atoms with Crippen molar-refractivity contribution in [3.63, 3.8) is 0 Å². The van der Waals surface area contributed by atoms with Crippen molar-refractivity contribution < 1.29 is 19.0 Å². The molecule has 0 saturated carbocycles. The third kappa shape index (κ3) is 6.67. The Balaban J connectivity index is 2.31. The maximum absolute atomic E-state index is 13.4. The van der Waals surface area contributed by atoms with Crippen LogP contribution in [0.25, 0.3) is 0 Å². The van der Waals surface area contributed by atoms with E-state index in [2.05, 4.69) is 18.7 Å². The maximum Gasteiger partial charge on any atom is 0.318 e. The van der Waals surface area contributed by atoms with Gasteiger partial charge in [0.25, 0.3) is 0 Å². The number of nitrogens with zero attached hydrogens (tertiary/aromatic N) is 1. The zero-order valence-electron chi connectivity index (χ0n) is 17.9. The lowest BCUT2D eigenvalue weighted by molar-refractivity contribution is -0.161. The van der Waals surface area contributed by atoms with Crippen molar-refractivity contribution in [1.82, 2.24) is 4.90 Å². The molecule has 0 bridgehead atoms. The molecule has 0 amide bonds. The fraction of sp³-hybridized carbons (Fsp3) is 0.458. The van der Waals surface area contributed by atoms with Crippen molar-refractivity contribution in [3.8, 4) is 0 Å². The summed E-state index contributed by atoms with van der Waals surface area (Å²) in [4.78, 5) is 15.6. The molecule has 0 fully saturated rings. The van der Waals surface area contributed by atoms with Gasteiger partial charge in [-0.05, 0) is 24.2 Å². The quantitative estimate of drug-likeness (QED) is 0.509. The van der Waals surface area contributed by atoms with E-state index < -0.39 is 12.0 Å². The molecule has 0 N–H and O–H groups in total. The van der Waals surface area contributed by atoms with E-state index in [1.165, 1.54) is 0 Å². The van der Waals surface area contributed by atoms with Crippen molar-refractivity contribution in [1.29, 1.82) is 0 Å². The first-order valence-corrected chi connectivity index (χ1v) is 10.2. The second kappa shape index (κ2) is 12.4. The van der Waals surface area contributed by atoms with Gasteiger partial charge in [0.15, 0.2) is 0 Å². The zero-order chi connectivity index (χ0) is 21.1. The third-order valence-electron chi connectivity index (χ3n) is 5.15. The molecular weight excluding hydrogens is 366 g/mol. The Kier molecular flexibility index (Phi) is 9.84. The molecule has 0 saturated heterocycles. The molecule has 2 aromatic rings. The van der Waals surface area contributed by atoms with E-state index in [1.54, 1.807) is 14.2 Å². The predicted molar refractivity (Wildman–Crippen MR) is 115 cm³/mol. The van der Waals surface area contributed by atoms with Gasteiger partial charge in [-0.1, -0.05) is 74.5 Å². The zero-order valence-corrected chi connectivity index (χ0v) is 17.9. The molecule has 158 valence electrons. The van der Waals surface area contributed by atoms with Gasteiger partial charge in [-0.15, -0.1) is 0 Å². The van der Waals surface area contributed by atoms with Crippen molar-refractivity contribution in [2.24, 2.45) is 0 Å². The van der Waals surface area contributed by atoms with Gasteiger partial charge in [-0.3, -0.25) is 4.79 Å². The molecule has 29 heavy (non-hydrogen) atoms. The fourth-order valence-corrected chi connectivity index (χ4v) is 3.43. The van der Waals surface area contributed by atoms with Crippen molar-refractivity contribution in [2.45, 2.75) is 32.0 Å². The van der Waals surface area contributed by atoms with E-state index in [9.17, 15) is 4.79 Å². The van der Waals surface area contributed by atoms with Gasteiger partial charge in [0.2, 0.25) is 0 Å². The number of esters is 1. The van der Waals surface area contributed by atoms with Crippen molar-refractivity contribution in [2.75, 3.05) is 40.5 Å². The Morgan fingerprint density at radius 1 is 0.862 bits per heavy atom. The molecule has 2 rings (SSSR count). The normalized spacial score (nSPS) is 13.4. The molecular formula is C24H33NO4. The summed E-state index contributed by atoms with van der Waals surface area (Å²) in [6.07, 6.45) is -0.765. The number of hydrogen-bond donors (Lipinski definition) is 0. The SMILES string of the molecule is CCN(CC)C[C@H](OC(=O)C(c1ccccc1)c1ccccc1)[C@H](COC)OC. The van der Waals surface area contributed by atoms with Gasteiger partial charge in [0.1, 0.15) is 18.1 Å². The van der Waals surface area contributed by atoms with Crippen LogP contribution in [0.4, 0.5) is 0 Å². The molecule has 0 spiro atoms. The van der Waals surface area contributed by atoms with E-state index >= 15 is 0 Å². The van der Waals surface area contributed by atoms with Gasteiger partial charge in [0.05, 0.1) is 6.61 Å². The fourth-order valence-electron chi connectivity index (χ4n) is 3.43. The minimum atomic E-state index is -0.489. The molecule has 0 aromatic heterocycles. The van der Waals surface area contributed by atoms with Crippen LogP contribution in [0.1, 0.15) is 30.9 Å². The Morgan fingerprint density at radius 3 is 1.79 bits per heavy atom. The summed E-state index contributed by atoms with van der Waals surface area (Å²) in [5, 5.41) is 0. The van der Waals surface area contributed by atoms with Crippen LogP contribution in [0.2, 0.25) is 0 Å². The van der Waals surface area contributed by atoms with E-state index in [0.717, 1.165) is 24.2 Å². The third-order valence-corrected chi connectivity index (χ3v) is 5.15. The molecule has 0 unspecified atom stereocenters. The minimum absolute atomic E-state index is 0.280. The van der Waals surface area contributed by atoms with Crippen LogP contribution in [0, 0.1) is 0 Å². The van der Waals surface area contributed by atoms with Crippen LogP contribution in [0.3, 0.4) is 0 Å². The number of carbonyl (C=O) groups excluding carboxylic acids is 1. The van der Waals surface area contributed by atoms with E-state index in [4.69, 9.17) is 14.2 Å². The largest absolute Gasteiger partial charge is 0.457 e. The van der Waals surface area contributed by atoms with Crippen LogP contribution in [-0.4, -0.2) is 63.5 Å². The van der Waals surface area contributed by atoms with Crippen LogP contribution < -0.4 is 0 Å². The highest BCUT2D eigenvalue weighted by atomic mass is 16.6. The first kappa shape index (κ1) is 23.1. The second-order valence-corrected chi connectivity index (χ2v) is 6.95. The van der Waals surface area contributed by atoms with Gasteiger partial charge in [0, 0.05) is 20.8 Å². The lowest BCUT2D eigenvalue weighted by atomic mass is 9.91. The number of ether oxygens (including phenoxy) is 3. The van der Waals surface area contributed by atoms with Gasteiger partial charge in [-0.2, -0.15) is 0 Å². The van der Waals surface area contributed by atoms with Crippen LogP contribution in [0.15, 0.2) is 60.7 Å². The summed E-state index contributed by atoms with van der Waals surface area (Å²) in [5.74, 6) is -0.769. The molecule has 2 atom stereocenters. The van der Waals surface area contributed by atoms with E-state index in [1.807, 2.05) is 60.7 Å². The van der Waals surface area contributed by atoms with Crippen LogP contribution in [-0.2, 0) is 19.0 Å². The smallest absolute Gasteiger partial charge is 0.318 e. The van der Waals surface area contributed by atoms with Crippen LogP contribution in [0.5, 0.6) is 0 Å². The number of benzene rings is 2. The predicted octanol–water partition coefficient (Wildman–Crippen LogP) is 3.73. The lowest BCUT2D eigenvalue weighted by Gasteiger charge is -2.31. The maximum atomic E-state index is 13.4. The molecule has 0 aliphatic carbocycles. The summed E-state index contributed by atoms with van der Waals surface area (Å²) in [7, 11) is 3.25. The molecule has 0 aliphatic rings. The van der Waals surface area contributed by atoms with E-state index in [0.29, 0.717) is 13.2 Å². The molecule has 0 heterocycles. The van der Waals surface area contributed by atoms with E-state index in [-0.39, 0.29) is 12.1 Å². The Bertz CT molecular complexity index is 664. The summed E-state index contributed by atoms with van der Waals surface area (Å²) in [5.41, 5.74) is 1.82. The summed E-state index contributed by atoms with van der Waals surface area (Å²) in [6, 6.07) is 19.5. The number of likely N-dealkylation sites (N-methyl/N-ethyl adjacent to an activating group) is 1. The second-order valence-electron chi connectivity index (χ2n) is 6.95. The topological polar surface area (TPSA) is 48.0 Å². The molecule has 2 aromatic carbocycles. The minimum Gasteiger partial charge on any atom is -0.457 e. The lowest BCUT2D eigenvalue weighted by Crippen LogP contribution is -2.45. The van der Waals surface area contributed by atoms with Gasteiger partial charge < -0.3 is 19.1 Å². The average molecular weight is 400 g/mol. The highest BCUT2D eigenvalue weighted by molar-refractivity contribution is 5.82.